The van der Waals surface area contributed by atoms with Gasteiger partial charge < -0.3 is 4.74 Å². The lowest BCUT2D eigenvalue weighted by atomic mass is 10.0. The largest absolute Gasteiger partial charge is 0.494 e. The maximum absolute atomic E-state index is 6.58. The molecule has 20 heavy (non-hydrogen) atoms. The number of halogens is 1. The van der Waals surface area contributed by atoms with Gasteiger partial charge in [0, 0.05) is 0 Å². The van der Waals surface area contributed by atoms with Crippen LogP contribution in [-0.4, -0.2) is 6.61 Å². The first-order valence-corrected chi connectivity index (χ1v) is 7.64. The van der Waals surface area contributed by atoms with Gasteiger partial charge in [0.15, 0.2) is 0 Å². The first-order chi connectivity index (χ1) is 9.74. The van der Waals surface area contributed by atoms with Crippen molar-refractivity contribution in [2.45, 2.75) is 32.1 Å². The zero-order valence-electron chi connectivity index (χ0n) is 12.1. The van der Waals surface area contributed by atoms with Gasteiger partial charge in [0.05, 0.1) is 12.0 Å². The Morgan fingerprint density at radius 3 is 2.40 bits per heavy atom. The second-order valence-corrected chi connectivity index (χ2v) is 5.32. The average molecular weight is 289 g/mol. The summed E-state index contributed by atoms with van der Waals surface area (Å²) in [4.78, 5) is 0. The van der Waals surface area contributed by atoms with Crippen LogP contribution in [0, 0.1) is 0 Å². The van der Waals surface area contributed by atoms with Gasteiger partial charge in [-0.15, -0.1) is 11.6 Å². The van der Waals surface area contributed by atoms with Gasteiger partial charge in [0.1, 0.15) is 5.75 Å². The molecule has 0 heterocycles. The van der Waals surface area contributed by atoms with Crippen LogP contribution >= 0.6 is 11.6 Å². The maximum atomic E-state index is 6.58. The summed E-state index contributed by atoms with van der Waals surface area (Å²) in [6.07, 6.45) is 2.06. The van der Waals surface area contributed by atoms with E-state index in [4.69, 9.17) is 16.3 Å². The molecule has 2 rings (SSSR count). The van der Waals surface area contributed by atoms with Crippen molar-refractivity contribution in [3.63, 3.8) is 0 Å². The van der Waals surface area contributed by atoms with Crippen LogP contribution in [0.15, 0.2) is 48.5 Å². The summed E-state index contributed by atoms with van der Waals surface area (Å²) >= 11 is 6.58. The normalized spacial score (nSPS) is 12.2. The Labute approximate surface area is 126 Å². The second kappa shape index (κ2) is 7.35. The summed E-state index contributed by atoms with van der Waals surface area (Å²) < 4.78 is 5.66. The molecule has 1 atom stereocenters. The van der Waals surface area contributed by atoms with E-state index in [-0.39, 0.29) is 5.38 Å². The maximum Gasteiger partial charge on any atom is 0.119 e. The van der Waals surface area contributed by atoms with Crippen LogP contribution in [0.3, 0.4) is 0 Å². The van der Waals surface area contributed by atoms with E-state index in [0.717, 1.165) is 36.3 Å². The van der Waals surface area contributed by atoms with Crippen LogP contribution in [0.4, 0.5) is 0 Å². The van der Waals surface area contributed by atoms with Crippen molar-refractivity contribution in [2.75, 3.05) is 6.61 Å². The minimum atomic E-state index is -0.133. The fourth-order valence-electron chi connectivity index (χ4n) is 2.10. The third-order valence-corrected chi connectivity index (χ3v) is 3.81. The number of rotatable bonds is 6. The number of hydrogen-bond acceptors (Lipinski definition) is 1. The van der Waals surface area contributed by atoms with Crippen molar-refractivity contribution in [1.82, 2.24) is 0 Å². The Bertz CT molecular complexity index is 533. The molecule has 106 valence electrons. The predicted molar refractivity (Wildman–Crippen MR) is 85.7 cm³/mol. The highest BCUT2D eigenvalue weighted by atomic mass is 35.5. The molecule has 0 spiro atoms. The van der Waals surface area contributed by atoms with E-state index in [1.807, 2.05) is 24.3 Å². The summed E-state index contributed by atoms with van der Waals surface area (Å²) in [7, 11) is 0. The topological polar surface area (TPSA) is 9.23 Å². The molecule has 0 N–H and O–H groups in total. The number of alkyl halides is 1. The molecule has 0 saturated carbocycles. The summed E-state index contributed by atoms with van der Waals surface area (Å²) in [5.41, 5.74) is 3.53. The van der Waals surface area contributed by atoms with Crippen molar-refractivity contribution in [2.24, 2.45) is 0 Å². The molecule has 0 bridgehead atoms. The molecular weight excluding hydrogens is 268 g/mol. The van der Waals surface area contributed by atoms with Crippen LogP contribution < -0.4 is 4.74 Å². The smallest absolute Gasteiger partial charge is 0.119 e. The third kappa shape index (κ3) is 3.77. The molecule has 0 aromatic heterocycles. The monoisotopic (exact) mass is 288 g/mol. The first-order valence-electron chi connectivity index (χ1n) is 7.20. The minimum absolute atomic E-state index is 0.133. The Morgan fingerprint density at radius 1 is 1.00 bits per heavy atom. The van der Waals surface area contributed by atoms with Gasteiger partial charge in [0.2, 0.25) is 0 Å². The SMILES string of the molecule is CCCOc1cccc(C(Cl)c2ccc(CC)cc2)c1. The molecule has 0 saturated heterocycles. The van der Waals surface area contributed by atoms with E-state index < -0.39 is 0 Å². The van der Waals surface area contributed by atoms with E-state index in [1.165, 1.54) is 5.56 Å². The van der Waals surface area contributed by atoms with E-state index >= 15 is 0 Å². The molecule has 0 fully saturated rings. The Hall–Kier alpha value is -1.47. The van der Waals surface area contributed by atoms with Crippen molar-refractivity contribution >= 4 is 11.6 Å². The van der Waals surface area contributed by atoms with E-state index in [9.17, 15) is 0 Å². The van der Waals surface area contributed by atoms with Gasteiger partial charge in [-0.25, -0.2) is 0 Å². The Balaban J connectivity index is 2.16. The highest BCUT2D eigenvalue weighted by molar-refractivity contribution is 6.22. The standard InChI is InChI=1S/C18H21ClO/c1-3-12-20-17-7-5-6-16(13-17)18(19)15-10-8-14(4-2)9-11-15/h5-11,13,18H,3-4,12H2,1-2H3. The molecule has 0 aliphatic heterocycles. The summed E-state index contributed by atoms with van der Waals surface area (Å²) in [6, 6.07) is 16.5. The highest BCUT2D eigenvalue weighted by Gasteiger charge is 2.11. The predicted octanol–water partition coefficient (Wildman–Crippen LogP) is 5.37. The fraction of sp³-hybridized carbons (Fsp3) is 0.333. The van der Waals surface area contributed by atoms with E-state index in [0.29, 0.717) is 0 Å². The number of ether oxygens (including phenoxy) is 1. The highest BCUT2D eigenvalue weighted by Crippen LogP contribution is 2.31. The summed E-state index contributed by atoms with van der Waals surface area (Å²) in [5.74, 6) is 0.889. The summed E-state index contributed by atoms with van der Waals surface area (Å²) in [5, 5.41) is -0.133. The zero-order valence-corrected chi connectivity index (χ0v) is 12.9. The van der Waals surface area contributed by atoms with Gasteiger partial charge in [-0.05, 0) is 41.7 Å². The molecule has 1 unspecified atom stereocenters. The van der Waals surface area contributed by atoms with Gasteiger partial charge in [-0.3, -0.25) is 0 Å². The van der Waals surface area contributed by atoms with Crippen molar-refractivity contribution in [3.8, 4) is 5.75 Å². The third-order valence-electron chi connectivity index (χ3n) is 3.30. The van der Waals surface area contributed by atoms with Gasteiger partial charge in [0.25, 0.3) is 0 Å². The molecular formula is C18H21ClO. The molecule has 0 amide bonds. The van der Waals surface area contributed by atoms with Crippen LogP contribution in [0.2, 0.25) is 0 Å². The lowest BCUT2D eigenvalue weighted by molar-refractivity contribution is 0.317. The first kappa shape index (κ1) is 14.9. The molecule has 0 aliphatic rings. The molecule has 1 nitrogen and oxygen atoms in total. The second-order valence-electron chi connectivity index (χ2n) is 4.88. The molecule has 2 aromatic rings. The number of hydrogen-bond donors (Lipinski definition) is 0. The lowest BCUT2D eigenvalue weighted by Crippen LogP contribution is -1.98. The number of benzene rings is 2. The van der Waals surface area contributed by atoms with Crippen molar-refractivity contribution in [1.29, 1.82) is 0 Å². The van der Waals surface area contributed by atoms with Gasteiger partial charge >= 0.3 is 0 Å². The molecule has 0 radical (unpaired) electrons. The van der Waals surface area contributed by atoms with E-state index in [2.05, 4.69) is 38.1 Å². The zero-order chi connectivity index (χ0) is 14.4. The van der Waals surface area contributed by atoms with Crippen LogP contribution in [0.1, 0.15) is 42.3 Å². The summed E-state index contributed by atoms with van der Waals surface area (Å²) in [6.45, 7) is 4.99. The average Bonchev–Trinajstić information content (AvgIpc) is 2.52. The lowest BCUT2D eigenvalue weighted by Gasteiger charge is -2.13. The van der Waals surface area contributed by atoms with Crippen LogP contribution in [-0.2, 0) is 6.42 Å². The Kier molecular flexibility index (Phi) is 5.49. The molecule has 0 aliphatic carbocycles. The minimum Gasteiger partial charge on any atom is -0.494 e. The molecule has 2 aromatic carbocycles. The van der Waals surface area contributed by atoms with Gasteiger partial charge in [-0.1, -0.05) is 50.2 Å². The van der Waals surface area contributed by atoms with Crippen LogP contribution in [0.5, 0.6) is 5.75 Å². The van der Waals surface area contributed by atoms with Crippen LogP contribution in [0.25, 0.3) is 0 Å². The van der Waals surface area contributed by atoms with Gasteiger partial charge in [-0.2, -0.15) is 0 Å². The molecule has 2 heteroatoms. The number of aryl methyl sites for hydroxylation is 1. The van der Waals surface area contributed by atoms with Crippen molar-refractivity contribution < 1.29 is 4.74 Å². The quantitative estimate of drug-likeness (QED) is 0.650. The van der Waals surface area contributed by atoms with E-state index in [1.54, 1.807) is 0 Å². The Morgan fingerprint density at radius 2 is 1.75 bits per heavy atom. The fourth-order valence-corrected chi connectivity index (χ4v) is 2.38. The van der Waals surface area contributed by atoms with Crippen molar-refractivity contribution in [3.05, 3.63) is 65.2 Å².